The first kappa shape index (κ1) is 18.1. The summed E-state index contributed by atoms with van der Waals surface area (Å²) in [6.45, 7) is 2.57. The molecule has 1 amide bonds. The largest absolute Gasteiger partial charge is 0.390 e. The van der Waals surface area contributed by atoms with Crippen molar-refractivity contribution >= 4 is 5.91 Å². The van der Waals surface area contributed by atoms with Crippen LogP contribution >= 0.6 is 0 Å². The Morgan fingerprint density at radius 1 is 1.25 bits per heavy atom. The van der Waals surface area contributed by atoms with Crippen LogP contribution in [0.5, 0.6) is 0 Å². The second kappa shape index (κ2) is 7.91. The first-order chi connectivity index (χ1) is 7.04. The zero-order valence-corrected chi connectivity index (χ0v) is 10.4. The van der Waals surface area contributed by atoms with E-state index in [4.69, 9.17) is 23.7 Å². The highest BCUT2D eigenvalue weighted by Gasteiger charge is 2.23. The summed E-state index contributed by atoms with van der Waals surface area (Å²) in [5, 5.41) is 8.65. The van der Waals surface area contributed by atoms with Gasteiger partial charge in [0.1, 0.15) is 6.54 Å². The van der Waals surface area contributed by atoms with Gasteiger partial charge in [0, 0.05) is 0 Å². The smallest absolute Gasteiger partial charge is 0.313 e. The number of carbonyl (C=O) groups is 1. The van der Waals surface area contributed by atoms with Crippen molar-refractivity contribution in [3.05, 3.63) is 0 Å². The van der Waals surface area contributed by atoms with Crippen LogP contribution in [0.3, 0.4) is 0 Å². The summed E-state index contributed by atoms with van der Waals surface area (Å²) >= 11 is 0. The normalized spacial score (nSPS) is 11.8. The molecule has 0 spiro atoms. The predicted molar refractivity (Wildman–Crippen MR) is 44.0 cm³/mol. The van der Waals surface area contributed by atoms with E-state index in [9.17, 15) is 4.79 Å². The molecule has 0 aliphatic carbocycles. The molecule has 7 nitrogen and oxygen atoms in total. The van der Waals surface area contributed by atoms with Crippen molar-refractivity contribution in [1.82, 2.24) is 0 Å². The minimum atomic E-state index is -4.94. The number of nitrogens with zero attached hydrogens (tertiary/aromatic N) is 1. The van der Waals surface area contributed by atoms with Crippen molar-refractivity contribution in [3.63, 3.8) is 0 Å². The van der Waals surface area contributed by atoms with E-state index < -0.39 is 10.2 Å². The van der Waals surface area contributed by atoms with Crippen molar-refractivity contribution in [2.45, 2.75) is 19.8 Å². The van der Waals surface area contributed by atoms with Crippen LogP contribution in [-0.2, 0) is 4.79 Å². The molecule has 8 heteroatoms. The van der Waals surface area contributed by atoms with Crippen LogP contribution in [0.2, 0.25) is 0 Å². The lowest BCUT2D eigenvalue weighted by atomic mass is 10.3. The van der Waals surface area contributed by atoms with Gasteiger partial charge in [0.25, 0.3) is 0 Å². The second-order valence-electron chi connectivity index (χ2n) is 3.65. The maximum Gasteiger partial charge on any atom is 0.313 e. The molecule has 0 aromatic carbocycles. The second-order valence-corrected chi connectivity index (χ2v) is 4.41. The number of aliphatic hydroxyl groups excluding tert-OH is 1. The number of rotatable bonds is 4. The van der Waals surface area contributed by atoms with Gasteiger partial charge in [-0.15, -0.1) is 10.2 Å². The molecule has 0 heterocycles. The third kappa shape index (κ3) is 13.7. The Labute approximate surface area is 96.9 Å². The van der Waals surface area contributed by atoms with E-state index >= 15 is 0 Å². The monoisotopic (exact) mass is 259 g/mol. The third-order valence-electron chi connectivity index (χ3n) is 1.80. The number of likely N-dealkylation sites (N-methyl/N-ethyl adjacent to an activating group) is 1. The highest BCUT2D eigenvalue weighted by molar-refractivity contribution is 5.68. The summed E-state index contributed by atoms with van der Waals surface area (Å²) in [6, 6.07) is 0. The summed E-state index contributed by atoms with van der Waals surface area (Å²) in [5.41, 5.74) is 0. The Bertz CT molecular complexity index is 197. The molecule has 0 aliphatic heterocycles. The van der Waals surface area contributed by atoms with Gasteiger partial charge in [-0.2, -0.15) is 0 Å². The van der Waals surface area contributed by atoms with Gasteiger partial charge < -0.3 is 5.11 Å². The Hall–Kier alpha value is -0.280. The van der Waals surface area contributed by atoms with Crippen LogP contribution in [0, 0.1) is 10.2 Å². The molecule has 0 rings (SSSR count). The first-order valence-electron chi connectivity index (χ1n) is 4.63. The van der Waals surface area contributed by atoms with Crippen LogP contribution in [0.25, 0.3) is 0 Å². The number of aliphatic hydroxyl groups is 1. The fraction of sp³-hybridized carbons (Fsp3) is 0.875. The van der Waals surface area contributed by atoms with E-state index in [1.54, 1.807) is 0 Å². The van der Waals surface area contributed by atoms with Gasteiger partial charge >= 0.3 is 5.91 Å². The number of quaternary nitrogens is 1. The van der Waals surface area contributed by atoms with E-state index in [1.165, 1.54) is 0 Å². The molecule has 16 heavy (non-hydrogen) atoms. The molecule has 0 aromatic heterocycles. The summed E-state index contributed by atoms with van der Waals surface area (Å²) in [7, 11) is -1.29. The van der Waals surface area contributed by atoms with Crippen molar-refractivity contribution in [2.75, 3.05) is 27.2 Å². The average Bonchev–Trinajstić information content (AvgIpc) is 2.01. The van der Waals surface area contributed by atoms with Gasteiger partial charge in [0.05, 0.1) is 27.1 Å². The Balaban J connectivity index is 0. The van der Waals surface area contributed by atoms with E-state index in [0.717, 1.165) is 6.42 Å². The van der Waals surface area contributed by atoms with E-state index in [1.807, 2.05) is 21.0 Å². The predicted octanol–water partition coefficient (Wildman–Crippen LogP) is -4.37. The highest BCUT2D eigenvalue weighted by Crippen LogP contribution is 2.02. The lowest BCUT2D eigenvalue weighted by Gasteiger charge is -2.25. The fourth-order valence-corrected chi connectivity index (χ4v) is 0.891. The summed E-state index contributed by atoms with van der Waals surface area (Å²) < 4.78 is 34.3. The number of hydrogen-bond acceptors (Lipinski definition) is 6. The van der Waals surface area contributed by atoms with Crippen LogP contribution < -0.4 is 18.6 Å². The SMILES string of the molecule is CCCC(=O)[N+](C)(C)CCO.[O-][Cl+3]([O-])([O-])[O-]. The Kier molecular flexibility index (Phi) is 8.94. The molecule has 0 atom stereocenters. The van der Waals surface area contributed by atoms with E-state index in [-0.39, 0.29) is 12.5 Å². The molecule has 0 saturated heterocycles. The van der Waals surface area contributed by atoms with Gasteiger partial charge in [0.15, 0.2) is 0 Å². The topological polar surface area (TPSA) is 130 Å². The molecule has 0 bridgehead atoms. The maximum atomic E-state index is 11.3. The molecule has 0 aliphatic rings. The Morgan fingerprint density at radius 2 is 1.62 bits per heavy atom. The summed E-state index contributed by atoms with van der Waals surface area (Å²) in [5.74, 6) is 0.196. The molecule has 0 aromatic rings. The number of hydrogen-bond donors (Lipinski definition) is 1. The highest BCUT2D eigenvalue weighted by atomic mass is 35.7. The van der Waals surface area contributed by atoms with Gasteiger partial charge in [-0.25, -0.2) is 23.4 Å². The van der Waals surface area contributed by atoms with Crippen molar-refractivity contribution < 1.29 is 43.3 Å². The third-order valence-corrected chi connectivity index (χ3v) is 1.80. The zero-order chi connectivity index (χ0) is 13.4. The number of halogens is 1. The fourth-order valence-electron chi connectivity index (χ4n) is 0.891. The molecular formula is C8H18ClNO6. The summed E-state index contributed by atoms with van der Waals surface area (Å²) in [4.78, 5) is 11.3. The zero-order valence-electron chi connectivity index (χ0n) is 9.64. The van der Waals surface area contributed by atoms with Gasteiger partial charge in [-0.3, -0.25) is 4.48 Å². The molecule has 1 N–H and O–H groups in total. The molecule has 0 fully saturated rings. The molecule has 0 unspecified atom stereocenters. The number of amides is 1. The standard InChI is InChI=1S/C8H18NO2.ClHO4/c1-4-5-8(11)9(2,3)6-7-10;2-1(3,4)5/h10H,4-7H2,1-3H3;(H,2,3,4,5)/q+1;/p-1. The number of carbonyl (C=O) groups excluding carboxylic acids is 1. The van der Waals surface area contributed by atoms with Crippen molar-refractivity contribution in [3.8, 4) is 0 Å². The van der Waals surface area contributed by atoms with Gasteiger partial charge in [-0.05, 0) is 6.42 Å². The van der Waals surface area contributed by atoms with E-state index in [0.29, 0.717) is 17.4 Å². The van der Waals surface area contributed by atoms with Crippen LogP contribution in [0.1, 0.15) is 19.8 Å². The van der Waals surface area contributed by atoms with Crippen LogP contribution in [-0.4, -0.2) is 42.7 Å². The van der Waals surface area contributed by atoms with Crippen LogP contribution in [0.4, 0.5) is 0 Å². The van der Waals surface area contributed by atoms with Crippen LogP contribution in [0.15, 0.2) is 0 Å². The van der Waals surface area contributed by atoms with E-state index in [2.05, 4.69) is 0 Å². The first-order valence-corrected chi connectivity index (χ1v) is 5.87. The quantitative estimate of drug-likeness (QED) is 0.508. The van der Waals surface area contributed by atoms with Gasteiger partial charge in [-0.1, -0.05) is 6.92 Å². The molecule has 98 valence electrons. The minimum Gasteiger partial charge on any atom is -0.390 e. The van der Waals surface area contributed by atoms with Crippen molar-refractivity contribution in [2.24, 2.45) is 0 Å². The Morgan fingerprint density at radius 3 is 1.88 bits per heavy atom. The minimum absolute atomic E-state index is 0.0719. The average molecular weight is 260 g/mol. The van der Waals surface area contributed by atoms with Crippen molar-refractivity contribution in [1.29, 1.82) is 0 Å². The maximum absolute atomic E-state index is 11.3. The lowest BCUT2D eigenvalue weighted by Crippen LogP contribution is -2.68. The lowest BCUT2D eigenvalue weighted by molar-refractivity contribution is -2.00. The van der Waals surface area contributed by atoms with Gasteiger partial charge in [0.2, 0.25) is 0 Å². The molecule has 0 saturated carbocycles. The molecule has 0 radical (unpaired) electrons. The summed E-state index contributed by atoms with van der Waals surface area (Å²) in [6.07, 6.45) is 1.49. The molecular weight excluding hydrogens is 242 g/mol.